The Kier molecular flexibility index (Phi) is 7.07. The molecule has 5 nitrogen and oxygen atoms in total. The van der Waals surface area contributed by atoms with Crippen molar-refractivity contribution in [3.63, 3.8) is 0 Å². The summed E-state index contributed by atoms with van der Waals surface area (Å²) in [6, 6.07) is 7.98. The molecule has 1 aromatic heterocycles. The first-order valence-electron chi connectivity index (χ1n) is 8.43. The Bertz CT molecular complexity index is 578. The van der Waals surface area contributed by atoms with Gasteiger partial charge in [0, 0.05) is 13.0 Å². The molecule has 5 heteroatoms. The van der Waals surface area contributed by atoms with Gasteiger partial charge in [-0.2, -0.15) is 0 Å². The van der Waals surface area contributed by atoms with E-state index in [1.807, 2.05) is 28.9 Å². The number of nitrogens with zero attached hydrogens (tertiary/aromatic N) is 3. The summed E-state index contributed by atoms with van der Waals surface area (Å²) in [5, 5.41) is 17.8. The fourth-order valence-electron chi connectivity index (χ4n) is 2.67. The van der Waals surface area contributed by atoms with Crippen LogP contribution in [-0.4, -0.2) is 27.2 Å². The van der Waals surface area contributed by atoms with Gasteiger partial charge in [-0.15, -0.1) is 5.10 Å². The average molecular weight is 317 g/mol. The molecule has 0 aliphatic heterocycles. The van der Waals surface area contributed by atoms with Gasteiger partial charge in [-0.1, -0.05) is 50.0 Å². The van der Waals surface area contributed by atoms with E-state index < -0.39 is 0 Å². The summed E-state index contributed by atoms with van der Waals surface area (Å²) in [4.78, 5) is 0. The highest BCUT2D eigenvalue weighted by Crippen LogP contribution is 2.17. The molecule has 0 radical (unpaired) electrons. The van der Waals surface area contributed by atoms with Gasteiger partial charge < -0.3 is 9.84 Å². The largest absolute Gasteiger partial charge is 0.497 e. The Labute approximate surface area is 138 Å². The van der Waals surface area contributed by atoms with E-state index in [2.05, 4.69) is 17.2 Å². The Morgan fingerprint density at radius 2 is 1.83 bits per heavy atom. The van der Waals surface area contributed by atoms with Crippen molar-refractivity contribution in [2.75, 3.05) is 7.11 Å². The van der Waals surface area contributed by atoms with Gasteiger partial charge in [0.25, 0.3) is 0 Å². The maximum absolute atomic E-state index is 9.50. The molecule has 0 atom stereocenters. The van der Waals surface area contributed by atoms with E-state index in [9.17, 15) is 5.11 Å². The smallest absolute Gasteiger partial charge is 0.118 e. The minimum absolute atomic E-state index is 0.0681. The molecule has 0 aliphatic rings. The lowest BCUT2D eigenvalue weighted by Gasteiger charge is -2.08. The quantitative estimate of drug-likeness (QED) is 0.683. The fourth-order valence-corrected chi connectivity index (χ4v) is 2.67. The predicted molar refractivity (Wildman–Crippen MR) is 90.5 cm³/mol. The maximum atomic E-state index is 9.50. The summed E-state index contributed by atoms with van der Waals surface area (Å²) in [6.45, 7) is 3.02. The van der Waals surface area contributed by atoms with Gasteiger partial charge >= 0.3 is 0 Å². The molecule has 0 saturated carbocycles. The van der Waals surface area contributed by atoms with E-state index in [1.165, 1.54) is 25.7 Å². The van der Waals surface area contributed by atoms with Gasteiger partial charge in [-0.3, -0.25) is 0 Å². The molecule has 2 rings (SSSR count). The summed E-state index contributed by atoms with van der Waals surface area (Å²) in [6.07, 6.45) is 6.85. The lowest BCUT2D eigenvalue weighted by atomic mass is 10.1. The third-order valence-corrected chi connectivity index (χ3v) is 4.07. The number of hydrogen-bond donors (Lipinski definition) is 1. The number of unbranched alkanes of at least 4 members (excludes halogenated alkanes) is 4. The van der Waals surface area contributed by atoms with Crippen LogP contribution in [0.1, 0.15) is 56.0 Å². The van der Waals surface area contributed by atoms with Gasteiger partial charge in [0.15, 0.2) is 0 Å². The van der Waals surface area contributed by atoms with E-state index in [0.29, 0.717) is 5.69 Å². The minimum atomic E-state index is -0.0681. The second-order valence-electron chi connectivity index (χ2n) is 5.80. The monoisotopic (exact) mass is 317 g/mol. The molecule has 1 N–H and O–H groups in total. The first-order valence-corrected chi connectivity index (χ1v) is 8.43. The first-order chi connectivity index (χ1) is 11.3. The van der Waals surface area contributed by atoms with Crippen LogP contribution in [0.25, 0.3) is 0 Å². The lowest BCUT2D eigenvalue weighted by Crippen LogP contribution is -2.07. The van der Waals surface area contributed by atoms with Crippen molar-refractivity contribution in [2.45, 2.75) is 58.6 Å². The third kappa shape index (κ3) is 5.06. The third-order valence-electron chi connectivity index (χ3n) is 4.07. The molecule has 0 bridgehead atoms. The Hall–Kier alpha value is -1.88. The number of ether oxygens (including phenoxy) is 1. The molecule has 0 amide bonds. The van der Waals surface area contributed by atoms with E-state index >= 15 is 0 Å². The van der Waals surface area contributed by atoms with Crippen molar-refractivity contribution in [3.05, 3.63) is 41.2 Å². The molecule has 1 aromatic carbocycles. The zero-order chi connectivity index (χ0) is 16.5. The van der Waals surface area contributed by atoms with Crippen molar-refractivity contribution in [1.29, 1.82) is 0 Å². The standard InChI is InChI=1S/C18H27N3O2/c1-3-4-5-6-7-12-21-18(17(14-22)19-20-21)13-15-8-10-16(23-2)11-9-15/h8-11,22H,3-7,12-14H2,1-2H3. The SMILES string of the molecule is CCCCCCCn1nnc(CO)c1Cc1ccc(OC)cc1. The van der Waals surface area contributed by atoms with Gasteiger partial charge in [0.05, 0.1) is 19.4 Å². The van der Waals surface area contributed by atoms with Crippen LogP contribution in [-0.2, 0) is 19.6 Å². The van der Waals surface area contributed by atoms with Gasteiger partial charge in [0.2, 0.25) is 0 Å². The topological polar surface area (TPSA) is 60.2 Å². The van der Waals surface area contributed by atoms with E-state index in [1.54, 1.807) is 7.11 Å². The Morgan fingerprint density at radius 1 is 1.09 bits per heavy atom. The van der Waals surface area contributed by atoms with Gasteiger partial charge in [-0.25, -0.2) is 4.68 Å². The van der Waals surface area contributed by atoms with E-state index in [0.717, 1.165) is 36.4 Å². The summed E-state index contributed by atoms with van der Waals surface area (Å²) in [5.41, 5.74) is 2.84. The Balaban J connectivity index is 2.01. The molecule has 1 heterocycles. The van der Waals surface area contributed by atoms with Crippen LogP contribution in [0.15, 0.2) is 24.3 Å². The van der Waals surface area contributed by atoms with Gasteiger partial charge in [-0.05, 0) is 24.1 Å². The summed E-state index contributed by atoms with van der Waals surface area (Å²) in [5.74, 6) is 0.846. The van der Waals surface area contributed by atoms with Crippen molar-refractivity contribution >= 4 is 0 Å². The lowest BCUT2D eigenvalue weighted by molar-refractivity contribution is 0.275. The van der Waals surface area contributed by atoms with E-state index in [-0.39, 0.29) is 6.61 Å². The van der Waals surface area contributed by atoms with Crippen LogP contribution in [0.4, 0.5) is 0 Å². The molecule has 2 aromatic rings. The van der Waals surface area contributed by atoms with Crippen molar-refractivity contribution in [1.82, 2.24) is 15.0 Å². The maximum Gasteiger partial charge on any atom is 0.118 e. The van der Waals surface area contributed by atoms with Crippen LogP contribution in [0.2, 0.25) is 0 Å². The molecule has 0 spiro atoms. The molecule has 0 aliphatic carbocycles. The molecule has 0 unspecified atom stereocenters. The van der Waals surface area contributed by atoms with Crippen LogP contribution in [0.3, 0.4) is 0 Å². The highest BCUT2D eigenvalue weighted by molar-refractivity contribution is 5.30. The zero-order valence-corrected chi connectivity index (χ0v) is 14.2. The van der Waals surface area contributed by atoms with Crippen molar-refractivity contribution in [3.8, 4) is 5.75 Å². The molecule has 23 heavy (non-hydrogen) atoms. The number of hydrogen-bond acceptors (Lipinski definition) is 4. The van der Waals surface area contributed by atoms with Crippen LogP contribution >= 0.6 is 0 Å². The molecular formula is C18H27N3O2. The summed E-state index contributed by atoms with van der Waals surface area (Å²) < 4.78 is 7.13. The second-order valence-corrected chi connectivity index (χ2v) is 5.80. The van der Waals surface area contributed by atoms with Crippen molar-refractivity contribution < 1.29 is 9.84 Å². The molecular weight excluding hydrogens is 290 g/mol. The normalized spacial score (nSPS) is 10.9. The van der Waals surface area contributed by atoms with Crippen molar-refractivity contribution in [2.24, 2.45) is 0 Å². The number of rotatable bonds is 10. The number of methoxy groups -OCH3 is 1. The molecule has 0 saturated heterocycles. The Morgan fingerprint density at radius 3 is 2.48 bits per heavy atom. The predicted octanol–water partition coefficient (Wildman–Crippen LogP) is 3.34. The molecule has 0 fully saturated rings. The molecule has 126 valence electrons. The highest BCUT2D eigenvalue weighted by Gasteiger charge is 2.12. The second kappa shape index (κ2) is 9.30. The zero-order valence-electron chi connectivity index (χ0n) is 14.2. The number of aromatic nitrogens is 3. The number of aliphatic hydroxyl groups excluding tert-OH is 1. The number of aliphatic hydroxyl groups is 1. The minimum Gasteiger partial charge on any atom is -0.497 e. The fraction of sp³-hybridized carbons (Fsp3) is 0.556. The average Bonchev–Trinajstić information content (AvgIpc) is 2.97. The van der Waals surface area contributed by atoms with E-state index in [4.69, 9.17) is 4.74 Å². The summed E-state index contributed by atoms with van der Waals surface area (Å²) >= 11 is 0. The highest BCUT2D eigenvalue weighted by atomic mass is 16.5. The number of benzene rings is 1. The van der Waals surface area contributed by atoms with Gasteiger partial charge in [0.1, 0.15) is 11.4 Å². The van der Waals surface area contributed by atoms with Crippen LogP contribution < -0.4 is 4.74 Å². The van der Waals surface area contributed by atoms with Crippen LogP contribution in [0, 0.1) is 0 Å². The summed E-state index contributed by atoms with van der Waals surface area (Å²) in [7, 11) is 1.66. The number of aryl methyl sites for hydroxylation is 1. The van der Waals surface area contributed by atoms with Crippen LogP contribution in [0.5, 0.6) is 5.75 Å². The first kappa shape index (κ1) is 17.5.